The summed E-state index contributed by atoms with van der Waals surface area (Å²) in [6.07, 6.45) is 2.28. The van der Waals surface area contributed by atoms with Crippen molar-refractivity contribution in [3.05, 3.63) is 21.9 Å². The molecule has 0 unspecified atom stereocenters. The van der Waals surface area contributed by atoms with Crippen LogP contribution in [0.3, 0.4) is 0 Å². The Hall–Kier alpha value is -1.36. The summed E-state index contributed by atoms with van der Waals surface area (Å²) in [5.74, 6) is -0.101. The van der Waals surface area contributed by atoms with Crippen molar-refractivity contribution in [2.75, 3.05) is 20.2 Å². The summed E-state index contributed by atoms with van der Waals surface area (Å²) in [6.45, 7) is 3.33. The molecule has 0 radical (unpaired) electrons. The van der Waals surface area contributed by atoms with Crippen LogP contribution in [0.4, 0.5) is 0 Å². The van der Waals surface area contributed by atoms with Gasteiger partial charge in [-0.1, -0.05) is 6.92 Å². The molecule has 1 amide bonds. The van der Waals surface area contributed by atoms with Crippen LogP contribution in [0.15, 0.2) is 11.4 Å². The second kappa shape index (κ2) is 6.19. The van der Waals surface area contributed by atoms with E-state index < -0.39 is 0 Å². The minimum Gasteiger partial charge on any atom is -0.469 e. The third kappa shape index (κ3) is 2.97. The highest BCUT2D eigenvalue weighted by Gasteiger charge is 2.29. The number of hydrogen-bond donors (Lipinski definition) is 0. The maximum Gasteiger partial charge on any atom is 0.308 e. The number of piperidine rings is 1. The zero-order chi connectivity index (χ0) is 13.8. The number of likely N-dealkylation sites (tertiary alicyclic amines) is 1. The predicted molar refractivity (Wildman–Crippen MR) is 74.3 cm³/mol. The summed E-state index contributed by atoms with van der Waals surface area (Å²) in [5, 5.41) is 1.97. The maximum atomic E-state index is 12.4. The second-order valence-corrected chi connectivity index (χ2v) is 5.63. The monoisotopic (exact) mass is 281 g/mol. The lowest BCUT2D eigenvalue weighted by molar-refractivity contribution is -0.146. The highest BCUT2D eigenvalue weighted by atomic mass is 32.1. The normalized spacial score (nSPS) is 16.4. The number of methoxy groups -OCH3 is 1. The highest BCUT2D eigenvalue weighted by molar-refractivity contribution is 7.12. The van der Waals surface area contributed by atoms with Crippen molar-refractivity contribution in [2.24, 2.45) is 5.92 Å². The van der Waals surface area contributed by atoms with E-state index in [2.05, 4.69) is 6.92 Å². The number of carbonyl (C=O) groups excluding carboxylic acids is 2. The van der Waals surface area contributed by atoms with Gasteiger partial charge in [0.05, 0.1) is 17.9 Å². The maximum absolute atomic E-state index is 12.4. The van der Waals surface area contributed by atoms with Crippen molar-refractivity contribution in [1.82, 2.24) is 4.90 Å². The summed E-state index contributed by atoms with van der Waals surface area (Å²) >= 11 is 1.50. The highest BCUT2D eigenvalue weighted by Crippen LogP contribution is 2.24. The van der Waals surface area contributed by atoms with E-state index in [1.165, 1.54) is 18.4 Å². The van der Waals surface area contributed by atoms with Crippen molar-refractivity contribution in [3.8, 4) is 0 Å². The quantitative estimate of drug-likeness (QED) is 0.799. The van der Waals surface area contributed by atoms with Gasteiger partial charge < -0.3 is 9.64 Å². The third-order valence-electron chi connectivity index (χ3n) is 3.64. The van der Waals surface area contributed by atoms with Crippen LogP contribution in [-0.2, 0) is 16.0 Å². The number of esters is 1. The van der Waals surface area contributed by atoms with Gasteiger partial charge in [0.15, 0.2) is 0 Å². The van der Waals surface area contributed by atoms with Crippen molar-refractivity contribution >= 4 is 23.2 Å². The van der Waals surface area contributed by atoms with E-state index in [0.29, 0.717) is 25.9 Å². The first kappa shape index (κ1) is 14.1. The molecular formula is C14H19NO3S. The minimum absolute atomic E-state index is 0.0527. The first-order chi connectivity index (χ1) is 9.17. The molecule has 19 heavy (non-hydrogen) atoms. The molecule has 0 aromatic carbocycles. The van der Waals surface area contributed by atoms with Crippen LogP contribution in [-0.4, -0.2) is 37.0 Å². The molecule has 1 aromatic rings. The molecule has 1 saturated heterocycles. The molecule has 1 aromatic heterocycles. The van der Waals surface area contributed by atoms with Gasteiger partial charge >= 0.3 is 5.97 Å². The van der Waals surface area contributed by atoms with E-state index in [1.54, 1.807) is 0 Å². The fourth-order valence-corrected chi connectivity index (χ4v) is 3.39. The largest absolute Gasteiger partial charge is 0.469 e. The molecule has 0 atom stereocenters. The fourth-order valence-electron chi connectivity index (χ4n) is 2.43. The molecule has 0 bridgehead atoms. The van der Waals surface area contributed by atoms with Crippen LogP contribution < -0.4 is 0 Å². The van der Waals surface area contributed by atoms with E-state index in [-0.39, 0.29) is 17.8 Å². The standard InChI is InChI=1S/C14H19NO3S/c1-3-10-6-9-19-12(10)13(16)15-7-4-11(5-8-15)14(17)18-2/h6,9,11H,3-5,7-8H2,1-2H3. The molecule has 0 N–H and O–H groups in total. The Morgan fingerprint density at radius 1 is 1.42 bits per heavy atom. The van der Waals surface area contributed by atoms with E-state index in [1.807, 2.05) is 16.3 Å². The summed E-state index contributed by atoms with van der Waals surface area (Å²) in [4.78, 5) is 26.6. The topological polar surface area (TPSA) is 46.6 Å². The SMILES string of the molecule is CCc1ccsc1C(=O)N1CCC(C(=O)OC)CC1. The Morgan fingerprint density at radius 2 is 2.11 bits per heavy atom. The van der Waals surface area contributed by atoms with Gasteiger partial charge in [-0.25, -0.2) is 0 Å². The molecule has 1 fully saturated rings. The Morgan fingerprint density at radius 3 is 2.68 bits per heavy atom. The molecule has 0 spiro atoms. The number of amides is 1. The number of aryl methyl sites for hydroxylation is 1. The van der Waals surface area contributed by atoms with Crippen LogP contribution in [0.25, 0.3) is 0 Å². The number of ether oxygens (including phenoxy) is 1. The van der Waals surface area contributed by atoms with Gasteiger partial charge in [0.25, 0.3) is 5.91 Å². The van der Waals surface area contributed by atoms with Gasteiger partial charge in [-0.3, -0.25) is 9.59 Å². The minimum atomic E-state index is -0.155. The van der Waals surface area contributed by atoms with Gasteiger partial charge in [-0.05, 0) is 36.3 Å². The van der Waals surface area contributed by atoms with E-state index in [9.17, 15) is 9.59 Å². The molecule has 104 valence electrons. The Bertz CT molecular complexity index is 461. The summed E-state index contributed by atoms with van der Waals surface area (Å²) in [6, 6.07) is 2.01. The summed E-state index contributed by atoms with van der Waals surface area (Å²) in [5.41, 5.74) is 1.12. The number of thiophene rings is 1. The Labute approximate surface area is 117 Å². The van der Waals surface area contributed by atoms with Crippen molar-refractivity contribution < 1.29 is 14.3 Å². The molecular weight excluding hydrogens is 262 g/mol. The van der Waals surface area contributed by atoms with Gasteiger partial charge in [0.1, 0.15) is 0 Å². The molecule has 1 aliphatic rings. The molecule has 1 aliphatic heterocycles. The average molecular weight is 281 g/mol. The third-order valence-corrected chi connectivity index (χ3v) is 4.58. The fraction of sp³-hybridized carbons (Fsp3) is 0.571. The first-order valence-electron chi connectivity index (χ1n) is 6.60. The van der Waals surface area contributed by atoms with Crippen LogP contribution >= 0.6 is 11.3 Å². The average Bonchev–Trinajstić information content (AvgIpc) is 2.94. The molecule has 2 heterocycles. The number of rotatable bonds is 3. The number of carbonyl (C=O) groups is 2. The van der Waals surface area contributed by atoms with Gasteiger partial charge in [-0.15, -0.1) is 11.3 Å². The van der Waals surface area contributed by atoms with E-state index >= 15 is 0 Å². The van der Waals surface area contributed by atoms with Crippen molar-refractivity contribution in [2.45, 2.75) is 26.2 Å². The van der Waals surface area contributed by atoms with Gasteiger partial charge in [0.2, 0.25) is 0 Å². The van der Waals surface area contributed by atoms with Gasteiger partial charge in [0, 0.05) is 13.1 Å². The van der Waals surface area contributed by atoms with Crippen LogP contribution in [0.5, 0.6) is 0 Å². The smallest absolute Gasteiger partial charge is 0.308 e. The van der Waals surface area contributed by atoms with Crippen LogP contribution in [0, 0.1) is 5.92 Å². The molecule has 0 saturated carbocycles. The van der Waals surface area contributed by atoms with Crippen LogP contribution in [0.1, 0.15) is 35.0 Å². The molecule has 5 heteroatoms. The molecule has 2 rings (SSSR count). The second-order valence-electron chi connectivity index (χ2n) is 4.72. The first-order valence-corrected chi connectivity index (χ1v) is 7.48. The zero-order valence-corrected chi connectivity index (χ0v) is 12.2. The van der Waals surface area contributed by atoms with Gasteiger partial charge in [-0.2, -0.15) is 0 Å². The Kier molecular flexibility index (Phi) is 4.58. The van der Waals surface area contributed by atoms with Crippen molar-refractivity contribution in [3.63, 3.8) is 0 Å². The summed E-state index contributed by atoms with van der Waals surface area (Å²) in [7, 11) is 1.42. The van der Waals surface area contributed by atoms with Crippen LogP contribution in [0.2, 0.25) is 0 Å². The molecule has 4 nitrogen and oxygen atoms in total. The van der Waals surface area contributed by atoms with E-state index in [0.717, 1.165) is 16.9 Å². The Balaban J connectivity index is 1.98. The lowest BCUT2D eigenvalue weighted by Gasteiger charge is -2.30. The zero-order valence-electron chi connectivity index (χ0n) is 11.3. The van der Waals surface area contributed by atoms with Crippen molar-refractivity contribution in [1.29, 1.82) is 0 Å². The summed E-state index contributed by atoms with van der Waals surface area (Å²) < 4.78 is 4.75. The predicted octanol–water partition coefficient (Wildman–Crippen LogP) is 2.34. The van der Waals surface area contributed by atoms with E-state index in [4.69, 9.17) is 4.74 Å². The lowest BCUT2D eigenvalue weighted by Crippen LogP contribution is -2.40. The number of nitrogens with zero attached hydrogens (tertiary/aromatic N) is 1. The molecule has 0 aliphatic carbocycles. The number of hydrogen-bond acceptors (Lipinski definition) is 4. The lowest BCUT2D eigenvalue weighted by atomic mass is 9.97.